The molecule has 2 atom stereocenters. The summed E-state index contributed by atoms with van der Waals surface area (Å²) in [7, 11) is 1.66. The topological polar surface area (TPSA) is 25.4 Å². The van der Waals surface area contributed by atoms with Gasteiger partial charge in [-0.25, -0.2) is 4.98 Å². The number of nitrogens with zero attached hydrogens (tertiary/aromatic N) is 2. The van der Waals surface area contributed by atoms with Crippen molar-refractivity contribution < 1.29 is 4.74 Å². The van der Waals surface area contributed by atoms with Gasteiger partial charge in [-0.15, -0.1) is 0 Å². The van der Waals surface area contributed by atoms with Crippen molar-refractivity contribution in [1.29, 1.82) is 0 Å². The van der Waals surface area contributed by atoms with E-state index in [1.54, 1.807) is 7.11 Å². The number of fused-ring (bicyclic) bond motifs is 1. The maximum Gasteiger partial charge on any atom is 0.134 e. The lowest BCUT2D eigenvalue weighted by atomic mass is 10.0. The van der Waals surface area contributed by atoms with Gasteiger partial charge in [-0.3, -0.25) is 4.90 Å². The number of ether oxygens (including phenoxy) is 1. The van der Waals surface area contributed by atoms with Crippen LogP contribution in [0.4, 0.5) is 0 Å². The fourth-order valence-electron chi connectivity index (χ4n) is 3.02. The van der Waals surface area contributed by atoms with Crippen molar-refractivity contribution >= 4 is 22.5 Å². The van der Waals surface area contributed by atoms with Crippen molar-refractivity contribution in [3.8, 4) is 5.75 Å². The second-order valence-corrected chi connectivity index (χ2v) is 6.50. The number of pyridine rings is 1. The third-order valence-corrected chi connectivity index (χ3v) is 4.84. The molecule has 1 saturated heterocycles. The molecule has 3 rings (SSSR count). The molecule has 1 aliphatic heterocycles. The molecule has 21 heavy (non-hydrogen) atoms. The van der Waals surface area contributed by atoms with Gasteiger partial charge in [0.2, 0.25) is 0 Å². The molecule has 112 valence electrons. The number of benzene rings is 1. The van der Waals surface area contributed by atoms with Crippen LogP contribution in [0.2, 0.25) is 5.15 Å². The minimum atomic E-state index is 0.600. The first kappa shape index (κ1) is 14.6. The molecule has 0 aliphatic carbocycles. The van der Waals surface area contributed by atoms with Gasteiger partial charge in [0.05, 0.1) is 12.6 Å². The van der Waals surface area contributed by atoms with Crippen LogP contribution in [-0.2, 0) is 6.54 Å². The van der Waals surface area contributed by atoms with Crippen LogP contribution >= 0.6 is 11.6 Å². The maximum atomic E-state index is 6.37. The molecule has 4 heteroatoms. The molecule has 0 radical (unpaired) electrons. The average Bonchev–Trinajstić information content (AvgIpc) is 2.77. The van der Waals surface area contributed by atoms with Gasteiger partial charge in [0.1, 0.15) is 10.9 Å². The Hall–Kier alpha value is -1.32. The first-order valence-corrected chi connectivity index (χ1v) is 7.80. The fourth-order valence-corrected chi connectivity index (χ4v) is 3.23. The minimum absolute atomic E-state index is 0.600. The summed E-state index contributed by atoms with van der Waals surface area (Å²) in [6, 6.07) is 8.07. The van der Waals surface area contributed by atoms with E-state index in [0.717, 1.165) is 53.7 Å². The summed E-state index contributed by atoms with van der Waals surface area (Å²) >= 11 is 6.37. The van der Waals surface area contributed by atoms with E-state index >= 15 is 0 Å². The van der Waals surface area contributed by atoms with E-state index in [9.17, 15) is 0 Å². The van der Waals surface area contributed by atoms with Crippen LogP contribution in [0.25, 0.3) is 10.9 Å². The van der Waals surface area contributed by atoms with Crippen LogP contribution in [0.15, 0.2) is 24.3 Å². The number of rotatable bonds is 3. The second kappa shape index (κ2) is 5.82. The Kier molecular flexibility index (Phi) is 4.05. The number of hydrogen-bond acceptors (Lipinski definition) is 3. The lowest BCUT2D eigenvalue weighted by Crippen LogP contribution is -2.20. The Morgan fingerprint density at radius 3 is 2.62 bits per heavy atom. The van der Waals surface area contributed by atoms with E-state index in [-0.39, 0.29) is 0 Å². The predicted octanol–water partition coefficient (Wildman–Crippen LogP) is 3.98. The van der Waals surface area contributed by atoms with Crippen LogP contribution in [-0.4, -0.2) is 30.1 Å². The highest BCUT2D eigenvalue weighted by atomic mass is 35.5. The van der Waals surface area contributed by atoms with E-state index in [0.29, 0.717) is 5.15 Å². The van der Waals surface area contributed by atoms with Crippen molar-refractivity contribution in [1.82, 2.24) is 9.88 Å². The summed E-state index contributed by atoms with van der Waals surface area (Å²) in [6.07, 6.45) is 0. The van der Waals surface area contributed by atoms with Crippen molar-refractivity contribution in [3.63, 3.8) is 0 Å². The van der Waals surface area contributed by atoms with Gasteiger partial charge in [0.15, 0.2) is 0 Å². The summed E-state index contributed by atoms with van der Waals surface area (Å²) in [5, 5.41) is 1.71. The van der Waals surface area contributed by atoms with E-state index in [1.165, 1.54) is 0 Å². The molecule has 0 spiro atoms. The third-order valence-electron chi connectivity index (χ3n) is 4.51. The number of likely N-dealkylation sites (tertiary alicyclic amines) is 1. The molecule has 2 heterocycles. The van der Waals surface area contributed by atoms with Crippen LogP contribution in [0.5, 0.6) is 5.75 Å². The van der Waals surface area contributed by atoms with Gasteiger partial charge < -0.3 is 4.74 Å². The highest BCUT2D eigenvalue weighted by Gasteiger charge is 2.26. The Morgan fingerprint density at radius 1 is 1.24 bits per heavy atom. The van der Waals surface area contributed by atoms with Crippen LogP contribution in [0.3, 0.4) is 0 Å². The molecule has 1 aromatic heterocycles. The molecule has 0 saturated carbocycles. The summed E-state index contributed by atoms with van der Waals surface area (Å²) < 4.78 is 5.23. The molecule has 1 aliphatic rings. The summed E-state index contributed by atoms with van der Waals surface area (Å²) in [5.74, 6) is 2.31. The first-order chi connectivity index (χ1) is 10.1. The number of halogens is 1. The Labute approximate surface area is 130 Å². The smallest absolute Gasteiger partial charge is 0.134 e. The fraction of sp³-hybridized carbons (Fsp3) is 0.471. The Morgan fingerprint density at radius 2 is 1.95 bits per heavy atom. The summed E-state index contributed by atoms with van der Waals surface area (Å²) in [4.78, 5) is 6.99. The van der Waals surface area contributed by atoms with Crippen molar-refractivity contribution in [2.45, 2.75) is 20.4 Å². The van der Waals surface area contributed by atoms with Crippen molar-refractivity contribution in [2.75, 3.05) is 20.2 Å². The minimum Gasteiger partial charge on any atom is -0.497 e. The van der Waals surface area contributed by atoms with Gasteiger partial charge >= 0.3 is 0 Å². The van der Waals surface area contributed by atoms with Gasteiger partial charge in [0, 0.05) is 36.7 Å². The van der Waals surface area contributed by atoms with Gasteiger partial charge in [-0.2, -0.15) is 0 Å². The zero-order valence-corrected chi connectivity index (χ0v) is 13.5. The highest BCUT2D eigenvalue weighted by Crippen LogP contribution is 2.28. The van der Waals surface area contributed by atoms with Gasteiger partial charge in [0.25, 0.3) is 0 Å². The van der Waals surface area contributed by atoms with Crippen molar-refractivity contribution in [3.05, 3.63) is 35.0 Å². The van der Waals surface area contributed by atoms with Gasteiger partial charge in [-0.1, -0.05) is 25.4 Å². The zero-order chi connectivity index (χ0) is 15.0. The largest absolute Gasteiger partial charge is 0.497 e. The second-order valence-electron chi connectivity index (χ2n) is 6.15. The summed E-state index contributed by atoms with van der Waals surface area (Å²) in [6.45, 7) is 7.78. The normalized spacial score (nSPS) is 22.9. The number of hydrogen-bond donors (Lipinski definition) is 0. The maximum absolute atomic E-state index is 6.37. The highest BCUT2D eigenvalue weighted by molar-refractivity contribution is 6.30. The molecule has 0 bridgehead atoms. The Bertz CT molecular complexity index is 649. The first-order valence-electron chi connectivity index (χ1n) is 7.42. The molecule has 0 amide bonds. The van der Waals surface area contributed by atoms with E-state index < -0.39 is 0 Å². The average molecular weight is 305 g/mol. The van der Waals surface area contributed by atoms with Crippen LogP contribution in [0, 0.1) is 11.8 Å². The monoisotopic (exact) mass is 304 g/mol. The molecular weight excluding hydrogens is 284 g/mol. The predicted molar refractivity (Wildman–Crippen MR) is 86.9 cm³/mol. The molecule has 3 nitrogen and oxygen atoms in total. The van der Waals surface area contributed by atoms with Crippen LogP contribution in [0.1, 0.15) is 19.4 Å². The van der Waals surface area contributed by atoms with E-state index in [1.807, 2.05) is 18.2 Å². The SMILES string of the molecule is COc1ccc2cc(CN3CC(C)C(C)C3)c(Cl)nc2c1. The van der Waals surface area contributed by atoms with E-state index in [4.69, 9.17) is 16.3 Å². The zero-order valence-electron chi connectivity index (χ0n) is 12.8. The van der Waals surface area contributed by atoms with Crippen molar-refractivity contribution in [2.24, 2.45) is 11.8 Å². The molecule has 1 fully saturated rings. The Balaban J connectivity index is 1.87. The summed E-state index contributed by atoms with van der Waals surface area (Å²) in [5.41, 5.74) is 1.99. The number of methoxy groups -OCH3 is 1. The third kappa shape index (κ3) is 2.99. The standard InChI is InChI=1S/C17H21ClN2O/c1-11-8-20(9-12(11)2)10-14-6-13-4-5-15(21-3)7-16(13)19-17(14)18/h4-7,11-12H,8-10H2,1-3H3. The lowest BCUT2D eigenvalue weighted by Gasteiger charge is -2.16. The molecule has 0 N–H and O–H groups in total. The lowest BCUT2D eigenvalue weighted by molar-refractivity contribution is 0.316. The molecule has 1 aromatic carbocycles. The number of aromatic nitrogens is 1. The quantitative estimate of drug-likeness (QED) is 0.802. The van der Waals surface area contributed by atoms with E-state index in [2.05, 4.69) is 29.8 Å². The van der Waals surface area contributed by atoms with Crippen LogP contribution < -0.4 is 4.74 Å². The molecule has 2 aromatic rings. The van der Waals surface area contributed by atoms with Gasteiger partial charge in [-0.05, 0) is 30.0 Å². The molecule has 2 unspecified atom stereocenters. The molecular formula is C17H21ClN2O.